The van der Waals surface area contributed by atoms with Crippen LogP contribution in [-0.2, 0) is 14.8 Å². The molecule has 26 heavy (non-hydrogen) atoms. The third-order valence-electron chi connectivity index (χ3n) is 3.76. The highest BCUT2D eigenvalue weighted by molar-refractivity contribution is 7.92. The zero-order valence-corrected chi connectivity index (χ0v) is 14.9. The summed E-state index contributed by atoms with van der Waals surface area (Å²) in [5.74, 6) is -2.31. The van der Waals surface area contributed by atoms with Crippen LogP contribution in [0.5, 0.6) is 0 Å². The largest absolute Gasteiger partial charge is 0.481 e. The van der Waals surface area contributed by atoms with Crippen molar-refractivity contribution in [2.45, 2.75) is 24.7 Å². The molecule has 2 N–H and O–H groups in total. The van der Waals surface area contributed by atoms with Gasteiger partial charge in [-0.1, -0.05) is 29.8 Å². The van der Waals surface area contributed by atoms with E-state index in [4.69, 9.17) is 5.11 Å². The average Bonchev–Trinajstić information content (AvgIpc) is 2.58. The van der Waals surface area contributed by atoms with E-state index in [9.17, 15) is 23.1 Å². The van der Waals surface area contributed by atoms with Gasteiger partial charge in [0.05, 0.1) is 16.1 Å². The predicted molar refractivity (Wildman–Crippen MR) is 96.0 cm³/mol. The molecule has 0 saturated carbocycles. The molecule has 2 aromatic carbocycles. The van der Waals surface area contributed by atoms with Gasteiger partial charge in [-0.25, -0.2) is 13.2 Å². The summed E-state index contributed by atoms with van der Waals surface area (Å²) in [5.41, 5.74) is 0.719. The van der Waals surface area contributed by atoms with E-state index in [1.54, 1.807) is 12.1 Å². The van der Waals surface area contributed by atoms with Crippen molar-refractivity contribution < 1.29 is 28.2 Å². The van der Waals surface area contributed by atoms with Gasteiger partial charge < -0.3 is 10.2 Å². The topological polar surface area (TPSA) is 112 Å². The lowest BCUT2D eigenvalue weighted by molar-refractivity contribution is -0.137. The maximum Gasteiger partial charge on any atom is 0.337 e. The first-order chi connectivity index (χ1) is 12.2. The maximum absolute atomic E-state index is 13.1. The van der Waals surface area contributed by atoms with Crippen molar-refractivity contribution in [1.29, 1.82) is 0 Å². The number of hydrogen-bond acceptors (Lipinski definition) is 4. The Hall–Kier alpha value is -2.87. The number of aromatic carboxylic acids is 1. The van der Waals surface area contributed by atoms with Gasteiger partial charge in [0.2, 0.25) is 0 Å². The van der Waals surface area contributed by atoms with Crippen molar-refractivity contribution in [2.75, 3.05) is 10.8 Å². The van der Waals surface area contributed by atoms with Gasteiger partial charge in [-0.15, -0.1) is 0 Å². The Balaban J connectivity index is 2.52. The van der Waals surface area contributed by atoms with Crippen LogP contribution in [-0.4, -0.2) is 37.1 Å². The lowest BCUT2D eigenvalue weighted by Gasteiger charge is -2.25. The molecule has 8 heteroatoms. The molecule has 7 nitrogen and oxygen atoms in total. The van der Waals surface area contributed by atoms with Crippen molar-refractivity contribution in [3.8, 4) is 0 Å². The van der Waals surface area contributed by atoms with Crippen LogP contribution in [0, 0.1) is 6.92 Å². The molecule has 0 radical (unpaired) electrons. The highest BCUT2D eigenvalue weighted by atomic mass is 32.2. The number of anilines is 1. The van der Waals surface area contributed by atoms with Crippen LogP contribution in [0.25, 0.3) is 0 Å². The van der Waals surface area contributed by atoms with E-state index in [-0.39, 0.29) is 35.5 Å². The first kappa shape index (κ1) is 19.5. The van der Waals surface area contributed by atoms with E-state index in [2.05, 4.69) is 0 Å². The van der Waals surface area contributed by atoms with Gasteiger partial charge in [0.15, 0.2) is 0 Å². The molecular formula is C18H19NO6S. The fourth-order valence-corrected chi connectivity index (χ4v) is 3.98. The fourth-order valence-electron chi connectivity index (χ4n) is 2.45. The van der Waals surface area contributed by atoms with Crippen LogP contribution in [0.3, 0.4) is 0 Å². The van der Waals surface area contributed by atoms with E-state index in [1.807, 2.05) is 6.92 Å². The van der Waals surface area contributed by atoms with E-state index >= 15 is 0 Å². The SMILES string of the molecule is Cc1ccc(S(=O)(=O)N(CCCC(=O)O)c2ccccc2C(=O)O)cc1. The van der Waals surface area contributed by atoms with Crippen LogP contribution in [0.4, 0.5) is 5.69 Å². The summed E-state index contributed by atoms with van der Waals surface area (Å²) in [4.78, 5) is 22.3. The van der Waals surface area contributed by atoms with Crippen molar-refractivity contribution in [3.05, 3.63) is 59.7 Å². The first-order valence-electron chi connectivity index (χ1n) is 7.87. The quantitative estimate of drug-likeness (QED) is 0.731. The Morgan fingerprint density at radius 3 is 2.19 bits per heavy atom. The van der Waals surface area contributed by atoms with E-state index < -0.39 is 22.0 Å². The number of sulfonamides is 1. The highest BCUT2D eigenvalue weighted by Crippen LogP contribution is 2.28. The Morgan fingerprint density at radius 2 is 1.62 bits per heavy atom. The molecule has 0 aromatic heterocycles. The number of aryl methyl sites for hydroxylation is 1. The van der Waals surface area contributed by atoms with Gasteiger partial charge in [0.1, 0.15) is 0 Å². The standard InChI is InChI=1S/C18H19NO6S/c1-13-8-10-14(11-9-13)26(24,25)19(12-4-7-17(20)21)16-6-3-2-5-15(16)18(22)23/h2-3,5-6,8-11H,4,7,12H2,1H3,(H,20,21)(H,22,23). The molecule has 0 unspecified atom stereocenters. The van der Waals surface area contributed by atoms with Gasteiger partial charge in [-0.05, 0) is 37.6 Å². The summed E-state index contributed by atoms with van der Waals surface area (Å²) in [6.07, 6.45) is -0.177. The zero-order chi connectivity index (χ0) is 19.3. The number of rotatable bonds is 8. The molecule has 0 bridgehead atoms. The Labute approximate surface area is 151 Å². The number of hydrogen-bond donors (Lipinski definition) is 2. The fraction of sp³-hybridized carbons (Fsp3) is 0.222. The van der Waals surface area contributed by atoms with Gasteiger partial charge in [-0.3, -0.25) is 9.10 Å². The summed E-state index contributed by atoms with van der Waals surface area (Å²) < 4.78 is 27.1. The summed E-state index contributed by atoms with van der Waals surface area (Å²) in [6, 6.07) is 11.9. The van der Waals surface area contributed by atoms with Crippen molar-refractivity contribution in [2.24, 2.45) is 0 Å². The second-order valence-corrected chi connectivity index (χ2v) is 7.57. The van der Waals surface area contributed by atoms with Crippen molar-refractivity contribution in [1.82, 2.24) is 0 Å². The van der Waals surface area contributed by atoms with Crippen molar-refractivity contribution in [3.63, 3.8) is 0 Å². The number of aliphatic carboxylic acids is 1. The molecule has 0 aliphatic heterocycles. The van der Waals surface area contributed by atoms with Crippen LogP contribution < -0.4 is 4.31 Å². The average molecular weight is 377 g/mol. The number of carboxylic acid groups (broad SMARTS) is 2. The summed E-state index contributed by atoms with van der Waals surface area (Å²) in [5, 5.41) is 18.2. The molecule has 0 fully saturated rings. The normalized spacial score (nSPS) is 11.1. The number of para-hydroxylation sites is 1. The first-order valence-corrected chi connectivity index (χ1v) is 9.31. The Bertz CT molecular complexity index is 906. The molecule has 0 spiro atoms. The second kappa shape index (κ2) is 8.01. The van der Waals surface area contributed by atoms with Crippen molar-refractivity contribution >= 4 is 27.6 Å². The van der Waals surface area contributed by atoms with E-state index in [1.165, 1.54) is 36.4 Å². The minimum absolute atomic E-state index is 0.00552. The predicted octanol–water partition coefficient (Wildman–Crippen LogP) is 2.75. The number of benzene rings is 2. The number of carbonyl (C=O) groups is 2. The van der Waals surface area contributed by atoms with Crippen LogP contribution in [0.15, 0.2) is 53.4 Å². The molecule has 0 atom stereocenters. The minimum atomic E-state index is -4.05. The summed E-state index contributed by atoms with van der Waals surface area (Å²) >= 11 is 0. The lowest BCUT2D eigenvalue weighted by Crippen LogP contribution is -2.33. The van der Waals surface area contributed by atoms with Gasteiger partial charge >= 0.3 is 11.9 Å². The molecule has 0 amide bonds. The molecule has 2 aromatic rings. The molecular weight excluding hydrogens is 358 g/mol. The third-order valence-corrected chi connectivity index (χ3v) is 5.59. The molecule has 138 valence electrons. The smallest absolute Gasteiger partial charge is 0.337 e. The van der Waals surface area contributed by atoms with Crippen LogP contribution in [0.1, 0.15) is 28.8 Å². The molecule has 2 rings (SSSR count). The number of carboxylic acids is 2. The summed E-state index contributed by atoms with van der Waals surface area (Å²) in [6.45, 7) is 1.67. The minimum Gasteiger partial charge on any atom is -0.481 e. The van der Waals surface area contributed by atoms with Gasteiger partial charge in [-0.2, -0.15) is 0 Å². The van der Waals surface area contributed by atoms with E-state index in [0.717, 1.165) is 9.87 Å². The Kier molecular flexibility index (Phi) is 5.99. The number of nitrogens with zero attached hydrogens (tertiary/aromatic N) is 1. The molecule has 0 aliphatic carbocycles. The Morgan fingerprint density at radius 1 is 1.00 bits per heavy atom. The van der Waals surface area contributed by atoms with Gasteiger partial charge in [0.25, 0.3) is 10.0 Å². The molecule has 0 aliphatic rings. The van der Waals surface area contributed by atoms with Crippen LogP contribution in [0.2, 0.25) is 0 Å². The highest BCUT2D eigenvalue weighted by Gasteiger charge is 2.28. The second-order valence-electron chi connectivity index (χ2n) is 5.71. The van der Waals surface area contributed by atoms with Crippen LogP contribution >= 0.6 is 0 Å². The maximum atomic E-state index is 13.1. The monoisotopic (exact) mass is 377 g/mol. The zero-order valence-electron chi connectivity index (χ0n) is 14.1. The third kappa shape index (κ3) is 4.40. The molecule has 0 saturated heterocycles. The van der Waals surface area contributed by atoms with E-state index in [0.29, 0.717) is 0 Å². The summed E-state index contributed by atoms with van der Waals surface area (Å²) in [7, 11) is -4.05. The van der Waals surface area contributed by atoms with Gasteiger partial charge in [0, 0.05) is 13.0 Å². The molecule has 0 heterocycles. The lowest BCUT2D eigenvalue weighted by atomic mass is 10.1.